The van der Waals surface area contributed by atoms with Crippen molar-refractivity contribution in [1.29, 1.82) is 0 Å². The zero-order chi connectivity index (χ0) is 18.5. The Kier molecular flexibility index (Phi) is 4.02. The molecule has 1 aliphatic carbocycles. The van der Waals surface area contributed by atoms with Crippen LogP contribution in [0.4, 0.5) is 0 Å². The lowest BCUT2D eigenvalue weighted by molar-refractivity contribution is 0.300. The molecule has 4 nitrogen and oxygen atoms in total. The van der Waals surface area contributed by atoms with Crippen LogP contribution in [0.25, 0.3) is 21.9 Å². The zero-order valence-corrected chi connectivity index (χ0v) is 16.4. The maximum Gasteiger partial charge on any atom is 0.258 e. The van der Waals surface area contributed by atoms with Crippen LogP contribution in [-0.4, -0.2) is 22.5 Å². The second kappa shape index (κ2) is 6.43. The Morgan fingerprint density at radius 1 is 1.11 bits per heavy atom. The molecule has 1 saturated carbocycles. The van der Waals surface area contributed by atoms with E-state index in [-0.39, 0.29) is 5.56 Å². The first-order chi connectivity index (χ1) is 13.1. The molecule has 0 saturated heterocycles. The number of aryl methyl sites for hydroxylation is 1. The van der Waals surface area contributed by atoms with E-state index in [1.807, 2.05) is 37.5 Å². The van der Waals surface area contributed by atoms with Crippen molar-refractivity contribution in [2.45, 2.75) is 24.3 Å². The Morgan fingerprint density at radius 3 is 2.67 bits per heavy atom. The first-order valence-electron chi connectivity index (χ1n) is 9.38. The molecule has 3 aromatic rings. The van der Waals surface area contributed by atoms with Gasteiger partial charge in [-0.25, -0.2) is 4.31 Å². The van der Waals surface area contributed by atoms with Crippen molar-refractivity contribution in [1.82, 2.24) is 8.87 Å². The summed E-state index contributed by atoms with van der Waals surface area (Å²) in [7, 11) is 3.93. The van der Waals surface area contributed by atoms with Gasteiger partial charge in [-0.05, 0) is 66.9 Å². The van der Waals surface area contributed by atoms with Gasteiger partial charge < -0.3 is 9.30 Å². The molecule has 5 rings (SSSR count). The predicted octanol–water partition coefficient (Wildman–Crippen LogP) is 4.45. The smallest absolute Gasteiger partial charge is 0.258 e. The zero-order valence-electron chi connectivity index (χ0n) is 15.6. The molecule has 0 radical (unpaired) electrons. The second-order valence-electron chi connectivity index (χ2n) is 7.59. The fraction of sp³-hybridized carbons (Fsp3) is 0.318. The average molecular weight is 378 g/mol. The van der Waals surface area contributed by atoms with Crippen LogP contribution >= 0.6 is 11.9 Å². The summed E-state index contributed by atoms with van der Waals surface area (Å²) in [5.41, 5.74) is 3.47. The molecule has 138 valence electrons. The Labute approximate surface area is 162 Å². The summed E-state index contributed by atoms with van der Waals surface area (Å²) in [6.45, 7) is 1.70. The minimum absolute atomic E-state index is 0.0325. The van der Waals surface area contributed by atoms with Crippen LogP contribution in [0.3, 0.4) is 0 Å². The maximum absolute atomic E-state index is 12.6. The summed E-state index contributed by atoms with van der Waals surface area (Å²) in [5.74, 6) is 1.63. The molecule has 0 atom stereocenters. The summed E-state index contributed by atoms with van der Waals surface area (Å²) < 4.78 is 10.2. The number of pyridine rings is 1. The fourth-order valence-corrected chi connectivity index (χ4v) is 4.65. The minimum atomic E-state index is 0.0325. The first-order valence-corrected chi connectivity index (χ1v) is 10.1. The molecule has 1 aromatic heterocycles. The highest BCUT2D eigenvalue weighted by atomic mass is 32.2. The molecule has 0 N–H and O–H groups in total. The summed E-state index contributed by atoms with van der Waals surface area (Å²) >= 11 is 1.77. The van der Waals surface area contributed by atoms with Crippen LogP contribution in [0.1, 0.15) is 18.4 Å². The second-order valence-corrected chi connectivity index (χ2v) is 8.84. The molecule has 2 aliphatic rings. The molecule has 2 aromatic carbocycles. The lowest BCUT2D eigenvalue weighted by Crippen LogP contribution is -2.16. The SMILES string of the molecule is CN1Cc2cc(OCC3CC3)c(-c3cn(C)c(=O)c4ccccc34)cc2S1. The molecule has 0 bridgehead atoms. The van der Waals surface area contributed by atoms with Gasteiger partial charge in [-0.3, -0.25) is 4.79 Å². The molecule has 5 heteroatoms. The van der Waals surface area contributed by atoms with Gasteiger partial charge in [0.05, 0.1) is 6.61 Å². The predicted molar refractivity (Wildman–Crippen MR) is 110 cm³/mol. The van der Waals surface area contributed by atoms with Crippen molar-refractivity contribution in [3.05, 3.63) is 58.5 Å². The van der Waals surface area contributed by atoms with Crippen molar-refractivity contribution in [3.63, 3.8) is 0 Å². The highest BCUT2D eigenvalue weighted by Crippen LogP contribution is 2.44. The van der Waals surface area contributed by atoms with Crippen molar-refractivity contribution >= 4 is 22.7 Å². The average Bonchev–Trinajstić information content (AvgIpc) is 3.42. The number of aromatic nitrogens is 1. The number of rotatable bonds is 4. The number of benzene rings is 2. The van der Waals surface area contributed by atoms with Gasteiger partial charge in [0.1, 0.15) is 5.75 Å². The third-order valence-corrected chi connectivity index (χ3v) is 6.38. The molecule has 0 spiro atoms. The van der Waals surface area contributed by atoms with Gasteiger partial charge >= 0.3 is 0 Å². The molecule has 2 heterocycles. The van der Waals surface area contributed by atoms with Crippen LogP contribution in [0.15, 0.2) is 52.3 Å². The van der Waals surface area contributed by atoms with E-state index in [4.69, 9.17) is 4.74 Å². The normalized spacial score (nSPS) is 16.7. The Hall–Kier alpha value is -2.24. The largest absolute Gasteiger partial charge is 0.493 e. The van der Waals surface area contributed by atoms with Crippen molar-refractivity contribution in [3.8, 4) is 16.9 Å². The van der Waals surface area contributed by atoms with E-state index in [9.17, 15) is 4.79 Å². The minimum Gasteiger partial charge on any atom is -0.493 e. The Bertz CT molecular complexity index is 1100. The maximum atomic E-state index is 12.6. The van der Waals surface area contributed by atoms with Gasteiger partial charge in [-0.2, -0.15) is 0 Å². The third kappa shape index (κ3) is 3.05. The highest BCUT2D eigenvalue weighted by molar-refractivity contribution is 7.97. The lowest BCUT2D eigenvalue weighted by atomic mass is 9.98. The van der Waals surface area contributed by atoms with E-state index >= 15 is 0 Å². The number of hydrogen-bond donors (Lipinski definition) is 0. The molecule has 1 aliphatic heterocycles. The van der Waals surface area contributed by atoms with Crippen molar-refractivity contribution < 1.29 is 4.74 Å². The van der Waals surface area contributed by atoms with E-state index < -0.39 is 0 Å². The summed E-state index contributed by atoms with van der Waals surface area (Å²) in [6.07, 6.45) is 4.48. The van der Waals surface area contributed by atoms with Crippen LogP contribution in [0.2, 0.25) is 0 Å². The van der Waals surface area contributed by atoms with Crippen LogP contribution in [-0.2, 0) is 13.6 Å². The summed E-state index contributed by atoms with van der Waals surface area (Å²) in [5, 5.41) is 1.73. The van der Waals surface area contributed by atoms with Crippen molar-refractivity contribution in [2.24, 2.45) is 13.0 Å². The molecular weight excluding hydrogens is 356 g/mol. The fourth-order valence-electron chi connectivity index (χ4n) is 3.70. The number of fused-ring (bicyclic) bond motifs is 2. The van der Waals surface area contributed by atoms with Gasteiger partial charge in [0.2, 0.25) is 0 Å². The molecule has 27 heavy (non-hydrogen) atoms. The van der Waals surface area contributed by atoms with E-state index in [1.54, 1.807) is 16.5 Å². The lowest BCUT2D eigenvalue weighted by Gasteiger charge is -2.16. The topological polar surface area (TPSA) is 34.5 Å². The quantitative estimate of drug-likeness (QED) is 0.629. The Balaban J connectivity index is 1.72. The third-order valence-electron chi connectivity index (χ3n) is 5.36. The van der Waals surface area contributed by atoms with Crippen LogP contribution in [0.5, 0.6) is 5.75 Å². The van der Waals surface area contributed by atoms with Gasteiger partial charge in [0.25, 0.3) is 5.56 Å². The van der Waals surface area contributed by atoms with Gasteiger partial charge in [0, 0.05) is 41.2 Å². The van der Waals surface area contributed by atoms with E-state index in [0.29, 0.717) is 5.92 Å². The first kappa shape index (κ1) is 16.9. The number of nitrogens with zero attached hydrogens (tertiary/aromatic N) is 2. The van der Waals surface area contributed by atoms with E-state index in [1.165, 1.54) is 23.3 Å². The molecule has 0 unspecified atom stereocenters. The van der Waals surface area contributed by atoms with Crippen molar-refractivity contribution in [2.75, 3.05) is 13.7 Å². The molecular formula is C22H22N2O2S. The monoisotopic (exact) mass is 378 g/mol. The molecule has 1 fully saturated rings. The van der Waals surface area contributed by atoms with E-state index in [0.717, 1.165) is 40.8 Å². The summed E-state index contributed by atoms with van der Waals surface area (Å²) in [4.78, 5) is 13.8. The molecule has 0 amide bonds. The number of hydrogen-bond acceptors (Lipinski definition) is 4. The standard InChI is InChI=1S/C22H22N2O2S/c1-23-12-19(16-5-3-4-6-17(16)22(23)25)18-10-21-15(11-24(2)27-21)9-20(18)26-13-14-7-8-14/h3-6,9-10,12,14H,7-8,11,13H2,1-2H3. The van der Waals surface area contributed by atoms with Crippen LogP contribution in [0, 0.1) is 5.92 Å². The van der Waals surface area contributed by atoms with Gasteiger partial charge in [-0.1, -0.05) is 18.2 Å². The summed E-state index contributed by atoms with van der Waals surface area (Å²) in [6, 6.07) is 12.3. The van der Waals surface area contributed by atoms with E-state index in [2.05, 4.69) is 23.5 Å². The Morgan fingerprint density at radius 2 is 1.89 bits per heavy atom. The van der Waals surface area contributed by atoms with Gasteiger partial charge in [0.15, 0.2) is 0 Å². The number of ether oxygens (including phenoxy) is 1. The van der Waals surface area contributed by atoms with Crippen LogP contribution < -0.4 is 10.3 Å². The van der Waals surface area contributed by atoms with Gasteiger partial charge in [-0.15, -0.1) is 0 Å². The highest BCUT2D eigenvalue weighted by Gasteiger charge is 2.25.